The van der Waals surface area contributed by atoms with Crippen molar-refractivity contribution in [3.8, 4) is 10.6 Å². The number of nitrogens with zero attached hydrogens (tertiary/aromatic N) is 3. The van der Waals surface area contributed by atoms with E-state index in [1.54, 1.807) is 6.92 Å². The van der Waals surface area contributed by atoms with Crippen molar-refractivity contribution < 1.29 is 9.31 Å². The Balaban J connectivity index is 2.45. The lowest BCUT2D eigenvalue weighted by Crippen LogP contribution is -1.92. The molecule has 0 radical (unpaired) electrons. The van der Waals surface area contributed by atoms with Crippen LogP contribution in [-0.4, -0.2) is 14.3 Å². The van der Waals surface area contributed by atoms with E-state index in [2.05, 4.69) is 9.36 Å². The molecular weight excluding hydrogens is 233 g/mol. The summed E-state index contributed by atoms with van der Waals surface area (Å²) in [7, 11) is 0. The first-order chi connectivity index (χ1) is 7.58. The molecule has 7 heteroatoms. The number of hydrogen-bond acceptors (Lipinski definition) is 5. The molecule has 16 heavy (non-hydrogen) atoms. The molecule has 0 aliphatic rings. The molecule has 0 fully saturated rings. The SMILES string of the molecule is Cc1nsc(-c2ccc([N+](=O)[O-])c(F)c2)n1. The second kappa shape index (κ2) is 3.93. The highest BCUT2D eigenvalue weighted by Gasteiger charge is 2.15. The molecular formula is C9H6FN3O2S. The normalized spacial score (nSPS) is 10.4. The summed E-state index contributed by atoms with van der Waals surface area (Å²) < 4.78 is 17.3. The van der Waals surface area contributed by atoms with E-state index in [-0.39, 0.29) is 0 Å². The number of benzene rings is 1. The van der Waals surface area contributed by atoms with Gasteiger partial charge >= 0.3 is 5.69 Å². The van der Waals surface area contributed by atoms with Crippen LogP contribution in [0.15, 0.2) is 18.2 Å². The average molecular weight is 239 g/mol. The van der Waals surface area contributed by atoms with Crippen molar-refractivity contribution in [1.29, 1.82) is 0 Å². The molecule has 2 rings (SSSR count). The fourth-order valence-corrected chi connectivity index (χ4v) is 1.87. The highest BCUT2D eigenvalue weighted by atomic mass is 32.1. The van der Waals surface area contributed by atoms with Gasteiger partial charge in [0.25, 0.3) is 0 Å². The Kier molecular flexibility index (Phi) is 2.61. The van der Waals surface area contributed by atoms with Gasteiger partial charge in [-0.1, -0.05) is 0 Å². The van der Waals surface area contributed by atoms with Gasteiger partial charge < -0.3 is 0 Å². The first-order valence-electron chi connectivity index (χ1n) is 4.32. The molecule has 1 aromatic carbocycles. The van der Waals surface area contributed by atoms with Gasteiger partial charge in [-0.2, -0.15) is 8.76 Å². The van der Waals surface area contributed by atoms with Crippen LogP contribution in [0.1, 0.15) is 5.82 Å². The fraction of sp³-hybridized carbons (Fsp3) is 0.111. The predicted octanol–water partition coefficient (Wildman–Crippen LogP) is 2.56. The molecule has 0 amide bonds. The van der Waals surface area contributed by atoms with Crippen LogP contribution in [0.5, 0.6) is 0 Å². The van der Waals surface area contributed by atoms with E-state index in [4.69, 9.17) is 0 Å². The van der Waals surface area contributed by atoms with Crippen molar-refractivity contribution in [3.05, 3.63) is 40.0 Å². The van der Waals surface area contributed by atoms with Crippen molar-refractivity contribution in [1.82, 2.24) is 9.36 Å². The van der Waals surface area contributed by atoms with Gasteiger partial charge in [0.15, 0.2) is 0 Å². The molecule has 0 atom stereocenters. The number of halogens is 1. The summed E-state index contributed by atoms with van der Waals surface area (Å²) in [5, 5.41) is 11.0. The van der Waals surface area contributed by atoms with Crippen LogP contribution in [0.2, 0.25) is 0 Å². The number of nitro benzene ring substituents is 1. The third kappa shape index (κ3) is 1.89. The molecule has 82 valence electrons. The van der Waals surface area contributed by atoms with Crippen LogP contribution < -0.4 is 0 Å². The van der Waals surface area contributed by atoms with E-state index < -0.39 is 16.4 Å². The van der Waals surface area contributed by atoms with Gasteiger partial charge in [0.2, 0.25) is 5.82 Å². The monoisotopic (exact) mass is 239 g/mol. The number of rotatable bonds is 2. The van der Waals surface area contributed by atoms with E-state index in [1.807, 2.05) is 0 Å². The summed E-state index contributed by atoms with van der Waals surface area (Å²) in [6.45, 7) is 1.72. The number of aryl methyl sites for hydroxylation is 1. The summed E-state index contributed by atoms with van der Waals surface area (Å²) in [6.07, 6.45) is 0. The van der Waals surface area contributed by atoms with Crippen LogP contribution in [0.3, 0.4) is 0 Å². The summed E-state index contributed by atoms with van der Waals surface area (Å²) in [5.41, 5.74) is -0.0429. The third-order valence-electron chi connectivity index (χ3n) is 1.92. The van der Waals surface area contributed by atoms with Crippen LogP contribution in [0.25, 0.3) is 10.6 Å². The van der Waals surface area contributed by atoms with Crippen LogP contribution >= 0.6 is 11.5 Å². The fourth-order valence-electron chi connectivity index (χ4n) is 1.20. The lowest BCUT2D eigenvalue weighted by Gasteiger charge is -1.96. The van der Waals surface area contributed by atoms with Gasteiger partial charge in [-0.25, -0.2) is 4.98 Å². The standard InChI is InChI=1S/C9H6FN3O2S/c1-5-11-9(16-12-5)6-2-3-8(13(14)15)7(10)4-6/h2-4H,1H3. The number of aromatic nitrogens is 2. The smallest absolute Gasteiger partial charge is 0.258 e. The second-order valence-corrected chi connectivity index (χ2v) is 3.82. The highest BCUT2D eigenvalue weighted by molar-refractivity contribution is 7.09. The summed E-state index contributed by atoms with van der Waals surface area (Å²) >= 11 is 1.13. The Hall–Kier alpha value is -1.89. The van der Waals surface area contributed by atoms with Crippen molar-refractivity contribution in [2.45, 2.75) is 6.92 Å². The van der Waals surface area contributed by atoms with Gasteiger partial charge in [-0.15, -0.1) is 0 Å². The Morgan fingerprint density at radius 1 is 1.50 bits per heavy atom. The Morgan fingerprint density at radius 2 is 2.25 bits per heavy atom. The van der Waals surface area contributed by atoms with Gasteiger partial charge in [-0.3, -0.25) is 10.1 Å². The van der Waals surface area contributed by atoms with Crippen molar-refractivity contribution in [3.63, 3.8) is 0 Å². The van der Waals surface area contributed by atoms with Crippen molar-refractivity contribution in [2.24, 2.45) is 0 Å². The summed E-state index contributed by atoms with van der Waals surface area (Å²) in [5.74, 6) is -0.269. The molecule has 0 bridgehead atoms. The van der Waals surface area contributed by atoms with Crippen LogP contribution in [0.4, 0.5) is 10.1 Å². The largest absolute Gasteiger partial charge is 0.304 e. The molecule has 2 aromatic rings. The van der Waals surface area contributed by atoms with Gasteiger partial charge in [0, 0.05) is 11.6 Å². The third-order valence-corrected chi connectivity index (χ3v) is 2.77. The number of hydrogen-bond donors (Lipinski definition) is 0. The van der Waals surface area contributed by atoms with Crippen molar-refractivity contribution in [2.75, 3.05) is 0 Å². The molecule has 0 saturated carbocycles. The molecule has 0 spiro atoms. The second-order valence-electron chi connectivity index (χ2n) is 3.07. The maximum Gasteiger partial charge on any atom is 0.304 e. The van der Waals surface area contributed by atoms with Crippen LogP contribution in [-0.2, 0) is 0 Å². The minimum Gasteiger partial charge on any atom is -0.258 e. The molecule has 0 saturated heterocycles. The molecule has 0 unspecified atom stereocenters. The van der Waals surface area contributed by atoms with E-state index in [0.29, 0.717) is 16.4 Å². The first kappa shape index (κ1) is 10.6. The maximum absolute atomic E-state index is 13.3. The topological polar surface area (TPSA) is 68.9 Å². The van der Waals surface area contributed by atoms with E-state index in [1.165, 1.54) is 6.07 Å². The molecule has 5 nitrogen and oxygen atoms in total. The molecule has 0 N–H and O–H groups in total. The van der Waals surface area contributed by atoms with E-state index >= 15 is 0 Å². The maximum atomic E-state index is 13.3. The summed E-state index contributed by atoms with van der Waals surface area (Å²) in [6, 6.07) is 3.68. The van der Waals surface area contributed by atoms with Crippen molar-refractivity contribution >= 4 is 17.2 Å². The molecule has 1 heterocycles. The zero-order valence-corrected chi connectivity index (χ0v) is 8.99. The highest BCUT2D eigenvalue weighted by Crippen LogP contribution is 2.26. The molecule has 0 aliphatic heterocycles. The Labute approximate surface area is 93.9 Å². The van der Waals surface area contributed by atoms with Crippen LogP contribution in [0, 0.1) is 22.9 Å². The lowest BCUT2D eigenvalue weighted by atomic mass is 10.2. The van der Waals surface area contributed by atoms with Gasteiger partial charge in [0.1, 0.15) is 10.8 Å². The molecule has 0 aliphatic carbocycles. The zero-order valence-electron chi connectivity index (χ0n) is 8.18. The minimum absolute atomic E-state index is 0.494. The first-order valence-corrected chi connectivity index (χ1v) is 5.10. The Bertz CT molecular complexity index is 555. The minimum atomic E-state index is -0.865. The molecule has 1 aromatic heterocycles. The van der Waals surface area contributed by atoms with Gasteiger partial charge in [-0.05, 0) is 30.6 Å². The lowest BCUT2D eigenvalue weighted by molar-refractivity contribution is -0.387. The number of nitro groups is 1. The predicted molar refractivity (Wildman–Crippen MR) is 56.7 cm³/mol. The summed E-state index contributed by atoms with van der Waals surface area (Å²) in [4.78, 5) is 13.7. The van der Waals surface area contributed by atoms with E-state index in [9.17, 15) is 14.5 Å². The van der Waals surface area contributed by atoms with Gasteiger partial charge in [0.05, 0.1) is 4.92 Å². The van der Waals surface area contributed by atoms with E-state index in [0.717, 1.165) is 23.7 Å². The Morgan fingerprint density at radius 3 is 2.75 bits per heavy atom. The quantitative estimate of drug-likeness (QED) is 0.596. The average Bonchev–Trinajstić information content (AvgIpc) is 2.64. The zero-order chi connectivity index (χ0) is 11.7.